The minimum Gasteiger partial charge on any atom is -0.309 e. The average molecular weight is 729 g/mol. The first kappa shape index (κ1) is 35.8. The molecule has 9 rings (SSSR count). The Labute approximate surface area is 332 Å². The van der Waals surface area contributed by atoms with Gasteiger partial charge in [-0.3, -0.25) is 0 Å². The van der Waals surface area contributed by atoms with Crippen molar-refractivity contribution in [3.05, 3.63) is 168 Å². The molecule has 2 heteroatoms. The lowest BCUT2D eigenvalue weighted by atomic mass is 9.83. The van der Waals surface area contributed by atoms with E-state index in [4.69, 9.17) is 0 Å². The van der Waals surface area contributed by atoms with Gasteiger partial charge >= 0.3 is 0 Å². The van der Waals surface area contributed by atoms with Crippen molar-refractivity contribution in [2.24, 2.45) is 0 Å². The Kier molecular flexibility index (Phi) is 8.22. The number of rotatable bonds is 4. The third-order valence-corrected chi connectivity index (χ3v) is 11.7. The molecule has 56 heavy (non-hydrogen) atoms. The normalized spacial score (nSPS) is 12.7. The van der Waals surface area contributed by atoms with Crippen LogP contribution in [0.5, 0.6) is 0 Å². The summed E-state index contributed by atoms with van der Waals surface area (Å²) >= 11 is 0. The van der Waals surface area contributed by atoms with E-state index in [2.05, 4.69) is 223 Å². The van der Waals surface area contributed by atoms with Crippen LogP contribution in [0.15, 0.2) is 152 Å². The van der Waals surface area contributed by atoms with E-state index in [0.717, 1.165) is 5.69 Å². The Morgan fingerprint density at radius 1 is 0.339 bits per heavy atom. The van der Waals surface area contributed by atoms with Crippen molar-refractivity contribution in [1.82, 2.24) is 9.13 Å². The van der Waals surface area contributed by atoms with Gasteiger partial charge in [0.05, 0.1) is 27.8 Å². The summed E-state index contributed by atoms with van der Waals surface area (Å²) in [6, 6.07) is 56.8. The molecular formula is C54H52N2. The van der Waals surface area contributed by atoms with Crippen LogP contribution < -0.4 is 0 Å². The second-order valence-corrected chi connectivity index (χ2v) is 18.8. The summed E-state index contributed by atoms with van der Waals surface area (Å²) in [4.78, 5) is 0. The maximum atomic E-state index is 2.56. The summed E-state index contributed by atoms with van der Waals surface area (Å²) in [6.07, 6.45) is 0. The standard InChI is InChI=1S/C54H52N2/c1-52(2,3)39-24-27-47-44(33-39)45-34-40(53(4,5)6)25-28-48(45)56(47)49-29-26-43-42-22-16-17-23-46(42)55(51(43)50(49)54(7,8)9)41-31-37(35-18-12-10-13-19-35)30-38(32-41)36-20-14-11-15-21-36/h10-34H,1-9H3. The highest BCUT2D eigenvalue weighted by Gasteiger charge is 2.29. The van der Waals surface area contributed by atoms with E-state index < -0.39 is 0 Å². The molecule has 0 aliphatic rings. The summed E-state index contributed by atoms with van der Waals surface area (Å²) < 4.78 is 5.11. The zero-order valence-electron chi connectivity index (χ0n) is 34.3. The van der Waals surface area contributed by atoms with Gasteiger partial charge < -0.3 is 9.13 Å². The number of hydrogen-bond donors (Lipinski definition) is 0. The first-order chi connectivity index (χ1) is 26.7. The monoisotopic (exact) mass is 728 g/mol. The van der Waals surface area contributed by atoms with Gasteiger partial charge in [0.15, 0.2) is 0 Å². The van der Waals surface area contributed by atoms with Gasteiger partial charge in [0.1, 0.15) is 0 Å². The smallest absolute Gasteiger partial charge is 0.0599 e. The Hall–Kier alpha value is -5.86. The summed E-state index contributed by atoms with van der Waals surface area (Å²) in [5, 5.41) is 5.15. The summed E-state index contributed by atoms with van der Waals surface area (Å²) in [5.41, 5.74) is 16.0. The van der Waals surface area contributed by atoms with E-state index >= 15 is 0 Å². The van der Waals surface area contributed by atoms with Crippen molar-refractivity contribution >= 4 is 43.6 Å². The van der Waals surface area contributed by atoms with Gasteiger partial charge in [-0.25, -0.2) is 0 Å². The summed E-state index contributed by atoms with van der Waals surface area (Å²) in [6.45, 7) is 21.0. The quantitative estimate of drug-likeness (QED) is 0.171. The fraction of sp³-hybridized carbons (Fsp3) is 0.222. The predicted molar refractivity (Wildman–Crippen MR) is 242 cm³/mol. The predicted octanol–water partition coefficient (Wildman–Crippen LogP) is 15.1. The molecule has 0 amide bonds. The number of aromatic nitrogens is 2. The van der Waals surface area contributed by atoms with Crippen molar-refractivity contribution in [2.45, 2.75) is 78.6 Å². The SMILES string of the molecule is CC(C)(C)c1ccc2c(c1)c1cc(C(C)(C)C)ccc1n2-c1ccc2c3ccccc3n(-c3cc(-c4ccccc4)cc(-c4ccccc4)c3)c2c1C(C)(C)C. The third kappa shape index (κ3) is 5.95. The van der Waals surface area contributed by atoms with Gasteiger partial charge in [0.25, 0.3) is 0 Å². The van der Waals surface area contributed by atoms with E-state index in [0.29, 0.717) is 0 Å². The molecule has 7 aromatic carbocycles. The Morgan fingerprint density at radius 2 is 0.821 bits per heavy atom. The van der Waals surface area contributed by atoms with Crippen molar-refractivity contribution in [2.75, 3.05) is 0 Å². The van der Waals surface area contributed by atoms with E-state index in [1.807, 2.05) is 0 Å². The van der Waals surface area contributed by atoms with Gasteiger partial charge in [-0.1, -0.05) is 159 Å². The summed E-state index contributed by atoms with van der Waals surface area (Å²) in [7, 11) is 0. The van der Waals surface area contributed by atoms with Gasteiger partial charge in [-0.05, 0) is 104 Å². The molecule has 0 radical (unpaired) electrons. The third-order valence-electron chi connectivity index (χ3n) is 11.7. The van der Waals surface area contributed by atoms with Gasteiger partial charge in [0.2, 0.25) is 0 Å². The van der Waals surface area contributed by atoms with Crippen LogP contribution in [-0.2, 0) is 16.2 Å². The zero-order valence-corrected chi connectivity index (χ0v) is 34.3. The van der Waals surface area contributed by atoms with Crippen molar-refractivity contribution in [1.29, 1.82) is 0 Å². The number of fused-ring (bicyclic) bond motifs is 6. The molecule has 2 heterocycles. The highest BCUT2D eigenvalue weighted by molar-refractivity contribution is 6.13. The first-order valence-corrected chi connectivity index (χ1v) is 20.1. The lowest BCUT2D eigenvalue weighted by Gasteiger charge is -2.27. The fourth-order valence-electron chi connectivity index (χ4n) is 8.79. The molecular weight excluding hydrogens is 677 g/mol. The molecule has 0 bridgehead atoms. The van der Waals surface area contributed by atoms with E-state index in [1.165, 1.54) is 88.2 Å². The van der Waals surface area contributed by atoms with Gasteiger partial charge in [-0.15, -0.1) is 0 Å². The molecule has 0 atom stereocenters. The lowest BCUT2D eigenvalue weighted by molar-refractivity contribution is 0.590. The molecule has 278 valence electrons. The van der Waals surface area contributed by atoms with E-state index in [-0.39, 0.29) is 16.2 Å². The molecule has 0 aliphatic heterocycles. The number of para-hydroxylation sites is 1. The molecule has 0 aliphatic carbocycles. The van der Waals surface area contributed by atoms with Crippen molar-refractivity contribution in [3.8, 4) is 33.6 Å². The topological polar surface area (TPSA) is 9.86 Å². The Balaban J connectivity index is 1.43. The van der Waals surface area contributed by atoms with Crippen molar-refractivity contribution < 1.29 is 0 Å². The van der Waals surface area contributed by atoms with Crippen LogP contribution in [0.3, 0.4) is 0 Å². The molecule has 2 nitrogen and oxygen atoms in total. The number of benzene rings is 7. The largest absolute Gasteiger partial charge is 0.309 e. The fourth-order valence-corrected chi connectivity index (χ4v) is 8.79. The van der Waals surface area contributed by atoms with Crippen LogP contribution in [0.4, 0.5) is 0 Å². The second-order valence-electron chi connectivity index (χ2n) is 18.8. The van der Waals surface area contributed by atoms with Crippen LogP contribution in [-0.4, -0.2) is 9.13 Å². The first-order valence-electron chi connectivity index (χ1n) is 20.1. The van der Waals surface area contributed by atoms with Gasteiger partial charge in [-0.2, -0.15) is 0 Å². The van der Waals surface area contributed by atoms with Crippen LogP contribution in [0.2, 0.25) is 0 Å². The molecule has 2 aromatic heterocycles. The number of hydrogen-bond acceptors (Lipinski definition) is 0. The van der Waals surface area contributed by atoms with E-state index in [9.17, 15) is 0 Å². The molecule has 0 saturated heterocycles. The Morgan fingerprint density at radius 3 is 1.32 bits per heavy atom. The highest BCUT2D eigenvalue weighted by Crippen LogP contribution is 2.45. The maximum absolute atomic E-state index is 2.56. The lowest BCUT2D eigenvalue weighted by Crippen LogP contribution is -2.17. The van der Waals surface area contributed by atoms with Crippen molar-refractivity contribution in [3.63, 3.8) is 0 Å². The summed E-state index contributed by atoms with van der Waals surface area (Å²) in [5.74, 6) is 0. The Bertz CT molecular complexity index is 2800. The maximum Gasteiger partial charge on any atom is 0.0599 e. The zero-order chi connectivity index (χ0) is 39.1. The van der Waals surface area contributed by atoms with Crippen LogP contribution in [0.1, 0.15) is 79.0 Å². The molecule has 0 saturated carbocycles. The average Bonchev–Trinajstić information content (AvgIpc) is 3.69. The molecule has 9 aromatic rings. The minimum absolute atomic E-state index is 0.0353. The minimum atomic E-state index is -0.208. The van der Waals surface area contributed by atoms with Crippen LogP contribution >= 0.6 is 0 Å². The van der Waals surface area contributed by atoms with E-state index in [1.54, 1.807) is 0 Å². The van der Waals surface area contributed by atoms with Gasteiger partial charge in [0, 0.05) is 32.8 Å². The molecule has 0 fully saturated rings. The second kappa shape index (κ2) is 12.8. The van der Waals surface area contributed by atoms with Crippen LogP contribution in [0.25, 0.3) is 77.2 Å². The molecule has 0 spiro atoms. The van der Waals surface area contributed by atoms with Crippen LogP contribution in [0, 0.1) is 0 Å². The molecule has 0 N–H and O–H groups in total. The number of nitrogens with zero attached hydrogens (tertiary/aromatic N) is 2. The molecule has 0 unspecified atom stereocenters. The highest BCUT2D eigenvalue weighted by atomic mass is 15.0.